The summed E-state index contributed by atoms with van der Waals surface area (Å²) in [7, 11) is 0. The van der Waals surface area contributed by atoms with Gasteiger partial charge in [-0.05, 0) is 59.7 Å². The lowest BCUT2D eigenvalue weighted by atomic mass is 9.88. The number of carbonyl (C=O) groups excluding carboxylic acids is 2. The van der Waals surface area contributed by atoms with E-state index in [1.807, 2.05) is 24.3 Å². The fraction of sp³-hybridized carbons (Fsp3) is 0.370. The molecule has 2 heterocycles. The molecule has 1 aliphatic rings. The van der Waals surface area contributed by atoms with Crippen LogP contribution in [0.15, 0.2) is 53.1 Å². The average Bonchev–Trinajstić information content (AvgIpc) is 3.30. The lowest BCUT2D eigenvalue weighted by molar-refractivity contribution is -0.130. The normalized spacial score (nSPS) is 15.1. The summed E-state index contributed by atoms with van der Waals surface area (Å²) in [6, 6.07) is 11.6. The van der Waals surface area contributed by atoms with E-state index in [9.17, 15) is 14.0 Å². The molecule has 7 nitrogen and oxygen atoms in total. The van der Waals surface area contributed by atoms with Gasteiger partial charge in [-0.1, -0.05) is 32.0 Å². The molecule has 2 aromatic carbocycles. The van der Waals surface area contributed by atoms with Gasteiger partial charge in [0.1, 0.15) is 17.8 Å². The number of halogens is 1. The summed E-state index contributed by atoms with van der Waals surface area (Å²) in [5.41, 5.74) is 2.90. The predicted octanol–water partition coefficient (Wildman–Crippen LogP) is 4.66. The van der Waals surface area contributed by atoms with Crippen molar-refractivity contribution in [2.45, 2.75) is 46.3 Å². The van der Waals surface area contributed by atoms with Crippen LogP contribution in [0.3, 0.4) is 0 Å². The molecule has 0 fully saturated rings. The van der Waals surface area contributed by atoms with Crippen LogP contribution in [-0.4, -0.2) is 34.8 Å². The number of aromatic nitrogens is 1. The monoisotopic (exact) mass is 479 g/mol. The molecule has 8 heteroatoms. The third-order valence-electron chi connectivity index (χ3n) is 6.07. The standard InChI is InChI=1S/C27H30FN3O4/c1-17(2)9-11-29-27(33)24-15-35-25(30-24)16-34-22-8-7-19-10-12-31(18(3)32)26(23(19)14-22)20-5-4-6-21(28)13-20/h4-8,13-15,17,26H,9-12,16H2,1-3H3,(H,29,33). The minimum Gasteiger partial charge on any atom is -0.484 e. The van der Waals surface area contributed by atoms with Gasteiger partial charge in [-0.15, -0.1) is 0 Å². The van der Waals surface area contributed by atoms with Gasteiger partial charge in [0.05, 0.1) is 6.04 Å². The molecule has 0 spiro atoms. The first kappa shape index (κ1) is 24.4. The van der Waals surface area contributed by atoms with Crippen LogP contribution in [0.4, 0.5) is 4.39 Å². The number of ether oxygens (including phenoxy) is 1. The third kappa shape index (κ3) is 5.88. The van der Waals surface area contributed by atoms with Gasteiger partial charge in [0, 0.05) is 20.0 Å². The van der Waals surface area contributed by atoms with Crippen LogP contribution in [0.5, 0.6) is 5.75 Å². The number of hydrogen-bond donors (Lipinski definition) is 1. The summed E-state index contributed by atoms with van der Waals surface area (Å²) in [5.74, 6) is 0.641. The van der Waals surface area contributed by atoms with Crippen LogP contribution in [-0.2, 0) is 17.8 Å². The number of fused-ring (bicyclic) bond motifs is 1. The van der Waals surface area contributed by atoms with E-state index in [1.165, 1.54) is 25.3 Å². The van der Waals surface area contributed by atoms with Gasteiger partial charge in [-0.25, -0.2) is 9.37 Å². The third-order valence-corrected chi connectivity index (χ3v) is 6.07. The number of rotatable bonds is 8. The maximum Gasteiger partial charge on any atom is 0.273 e. The van der Waals surface area contributed by atoms with Crippen LogP contribution in [0, 0.1) is 11.7 Å². The number of carbonyl (C=O) groups is 2. The van der Waals surface area contributed by atoms with Crippen molar-refractivity contribution in [3.05, 3.63) is 82.8 Å². The fourth-order valence-corrected chi connectivity index (χ4v) is 4.25. The van der Waals surface area contributed by atoms with Gasteiger partial charge in [0.25, 0.3) is 5.91 Å². The Labute approximate surface area is 204 Å². The molecule has 0 saturated carbocycles. The molecule has 0 bridgehead atoms. The summed E-state index contributed by atoms with van der Waals surface area (Å²) in [6.45, 7) is 6.89. The molecule has 35 heavy (non-hydrogen) atoms. The summed E-state index contributed by atoms with van der Waals surface area (Å²) in [5, 5.41) is 2.83. The van der Waals surface area contributed by atoms with Gasteiger partial charge in [0.2, 0.25) is 11.8 Å². The number of benzene rings is 2. The molecule has 1 aliphatic heterocycles. The Hall–Kier alpha value is -3.68. The van der Waals surface area contributed by atoms with Crippen molar-refractivity contribution in [1.82, 2.24) is 15.2 Å². The summed E-state index contributed by atoms with van der Waals surface area (Å²) >= 11 is 0. The number of nitrogens with zero attached hydrogens (tertiary/aromatic N) is 2. The number of amides is 2. The lowest BCUT2D eigenvalue weighted by Crippen LogP contribution is -2.39. The molecule has 4 rings (SSSR count). The maximum atomic E-state index is 14.0. The van der Waals surface area contributed by atoms with Crippen molar-refractivity contribution in [3.8, 4) is 5.75 Å². The Balaban J connectivity index is 1.49. The second kappa shape index (κ2) is 10.7. The van der Waals surface area contributed by atoms with Crippen molar-refractivity contribution in [2.24, 2.45) is 5.92 Å². The van der Waals surface area contributed by atoms with E-state index >= 15 is 0 Å². The van der Waals surface area contributed by atoms with E-state index in [1.54, 1.807) is 11.0 Å². The van der Waals surface area contributed by atoms with E-state index in [0.29, 0.717) is 36.7 Å². The van der Waals surface area contributed by atoms with Crippen LogP contribution in [0.25, 0.3) is 0 Å². The first-order valence-corrected chi connectivity index (χ1v) is 11.8. The van der Waals surface area contributed by atoms with E-state index in [2.05, 4.69) is 24.1 Å². The summed E-state index contributed by atoms with van der Waals surface area (Å²) in [6.07, 6.45) is 2.91. The highest BCUT2D eigenvalue weighted by molar-refractivity contribution is 5.91. The zero-order chi connectivity index (χ0) is 24.9. The Bertz CT molecular complexity index is 1210. The first-order chi connectivity index (χ1) is 16.8. The molecule has 184 valence electrons. The van der Waals surface area contributed by atoms with Crippen LogP contribution < -0.4 is 10.1 Å². The maximum absolute atomic E-state index is 14.0. The van der Waals surface area contributed by atoms with Crippen LogP contribution in [0.1, 0.15) is 66.3 Å². The molecular formula is C27H30FN3O4. The van der Waals surface area contributed by atoms with Gasteiger partial charge in [-0.3, -0.25) is 9.59 Å². The molecule has 0 aliphatic carbocycles. The van der Waals surface area contributed by atoms with E-state index < -0.39 is 6.04 Å². The van der Waals surface area contributed by atoms with E-state index in [-0.39, 0.29) is 35.8 Å². The lowest BCUT2D eigenvalue weighted by Gasteiger charge is -2.37. The Morgan fingerprint density at radius 2 is 2.09 bits per heavy atom. The Morgan fingerprint density at radius 1 is 1.26 bits per heavy atom. The molecule has 1 N–H and O–H groups in total. The highest BCUT2D eigenvalue weighted by Gasteiger charge is 2.31. The number of oxazole rings is 1. The van der Waals surface area contributed by atoms with Crippen molar-refractivity contribution in [3.63, 3.8) is 0 Å². The molecule has 1 atom stereocenters. The molecular weight excluding hydrogens is 449 g/mol. The smallest absolute Gasteiger partial charge is 0.273 e. The zero-order valence-corrected chi connectivity index (χ0v) is 20.2. The SMILES string of the molecule is CC(=O)N1CCc2ccc(OCc3nc(C(=O)NCCC(C)C)co3)cc2C1c1cccc(F)c1. The van der Waals surface area contributed by atoms with E-state index in [4.69, 9.17) is 9.15 Å². The second-order valence-corrected chi connectivity index (χ2v) is 9.13. The fourth-order valence-electron chi connectivity index (χ4n) is 4.25. The number of nitrogens with one attached hydrogen (secondary N) is 1. The largest absolute Gasteiger partial charge is 0.484 e. The summed E-state index contributed by atoms with van der Waals surface area (Å²) < 4.78 is 25.3. The molecule has 0 saturated heterocycles. The average molecular weight is 480 g/mol. The van der Waals surface area contributed by atoms with Crippen molar-refractivity contribution in [2.75, 3.05) is 13.1 Å². The zero-order valence-electron chi connectivity index (χ0n) is 20.2. The molecule has 2 amide bonds. The van der Waals surface area contributed by atoms with Crippen molar-refractivity contribution >= 4 is 11.8 Å². The summed E-state index contributed by atoms with van der Waals surface area (Å²) in [4.78, 5) is 30.6. The van der Waals surface area contributed by atoms with Gasteiger partial charge in [0.15, 0.2) is 12.3 Å². The van der Waals surface area contributed by atoms with E-state index in [0.717, 1.165) is 17.5 Å². The van der Waals surface area contributed by atoms with Crippen molar-refractivity contribution < 1.29 is 23.1 Å². The number of hydrogen-bond acceptors (Lipinski definition) is 5. The minimum atomic E-state index is -0.404. The quantitative estimate of drug-likeness (QED) is 0.508. The second-order valence-electron chi connectivity index (χ2n) is 9.13. The van der Waals surface area contributed by atoms with Crippen molar-refractivity contribution in [1.29, 1.82) is 0 Å². The highest BCUT2D eigenvalue weighted by Crippen LogP contribution is 2.37. The highest BCUT2D eigenvalue weighted by atomic mass is 19.1. The minimum absolute atomic E-state index is 0.0408. The predicted molar refractivity (Wildman–Crippen MR) is 128 cm³/mol. The molecule has 3 aromatic rings. The van der Waals surface area contributed by atoms with Gasteiger partial charge < -0.3 is 19.4 Å². The molecule has 0 radical (unpaired) electrons. The van der Waals surface area contributed by atoms with Gasteiger partial charge >= 0.3 is 0 Å². The first-order valence-electron chi connectivity index (χ1n) is 11.8. The van der Waals surface area contributed by atoms with Gasteiger partial charge in [-0.2, -0.15) is 0 Å². The molecule has 1 aromatic heterocycles. The molecule has 1 unspecified atom stereocenters. The topological polar surface area (TPSA) is 84.7 Å². The Kier molecular flexibility index (Phi) is 7.48. The van der Waals surface area contributed by atoms with Crippen LogP contribution >= 0.6 is 0 Å². The Morgan fingerprint density at radius 3 is 2.83 bits per heavy atom. The van der Waals surface area contributed by atoms with Crippen LogP contribution in [0.2, 0.25) is 0 Å².